The average molecular weight is 379 g/mol. The predicted octanol–water partition coefficient (Wildman–Crippen LogP) is 2.86. The van der Waals surface area contributed by atoms with E-state index in [-0.39, 0.29) is 24.2 Å². The van der Waals surface area contributed by atoms with Crippen molar-refractivity contribution in [3.05, 3.63) is 52.2 Å². The summed E-state index contributed by atoms with van der Waals surface area (Å²) >= 11 is 1.40. The molecule has 2 aromatic rings. The summed E-state index contributed by atoms with van der Waals surface area (Å²) in [6.45, 7) is 1.39. The van der Waals surface area contributed by atoms with Crippen LogP contribution in [0.1, 0.15) is 22.5 Å². The van der Waals surface area contributed by atoms with Crippen LogP contribution in [0.25, 0.3) is 0 Å². The first kappa shape index (κ1) is 18.5. The Kier molecular flexibility index (Phi) is 5.95. The van der Waals surface area contributed by atoms with Gasteiger partial charge in [0.2, 0.25) is 5.91 Å². The fourth-order valence-corrected chi connectivity index (χ4v) is 3.51. The van der Waals surface area contributed by atoms with Gasteiger partial charge in [0.25, 0.3) is 5.91 Å². The summed E-state index contributed by atoms with van der Waals surface area (Å²) in [5, 5.41) is 7.26. The van der Waals surface area contributed by atoms with E-state index < -0.39 is 17.5 Å². The number of anilines is 1. The van der Waals surface area contributed by atoms with Gasteiger partial charge in [-0.05, 0) is 36.4 Å². The highest BCUT2D eigenvalue weighted by Gasteiger charge is 2.23. The van der Waals surface area contributed by atoms with Gasteiger partial charge >= 0.3 is 0 Å². The number of carbonyl (C=O) groups is 2. The molecule has 26 heavy (non-hydrogen) atoms. The number of amides is 2. The monoisotopic (exact) mass is 379 g/mol. The van der Waals surface area contributed by atoms with Crippen molar-refractivity contribution in [3.8, 4) is 0 Å². The van der Waals surface area contributed by atoms with E-state index in [0.717, 1.165) is 31.0 Å². The Labute approximate surface area is 154 Å². The van der Waals surface area contributed by atoms with Crippen LogP contribution in [0.2, 0.25) is 0 Å². The highest BCUT2D eigenvalue weighted by molar-refractivity contribution is 7.12. The van der Waals surface area contributed by atoms with Crippen molar-refractivity contribution < 1.29 is 18.4 Å². The molecule has 1 aromatic carbocycles. The molecule has 3 rings (SSSR count). The van der Waals surface area contributed by atoms with Gasteiger partial charge in [-0.2, -0.15) is 0 Å². The molecule has 0 radical (unpaired) electrons. The number of carbonyl (C=O) groups excluding carboxylic acids is 2. The standard InChI is InChI=1S/C18H19F2N3O2S/c19-12-3-4-14(20)15(10-12)22-17(24)11-23-7-5-13(6-8-23)21-18(25)16-2-1-9-26-16/h1-4,9-10,13H,5-8,11H2,(H,21,25)(H,22,24). The van der Waals surface area contributed by atoms with E-state index in [9.17, 15) is 18.4 Å². The van der Waals surface area contributed by atoms with E-state index in [4.69, 9.17) is 0 Å². The van der Waals surface area contributed by atoms with Crippen LogP contribution in [0.4, 0.5) is 14.5 Å². The largest absolute Gasteiger partial charge is 0.349 e. The van der Waals surface area contributed by atoms with Crippen molar-refractivity contribution in [2.75, 3.05) is 25.0 Å². The molecule has 1 fully saturated rings. The van der Waals surface area contributed by atoms with Gasteiger partial charge in [-0.25, -0.2) is 8.78 Å². The molecule has 0 aliphatic carbocycles. The van der Waals surface area contributed by atoms with E-state index in [1.54, 1.807) is 6.07 Å². The van der Waals surface area contributed by atoms with Gasteiger partial charge in [-0.15, -0.1) is 11.3 Å². The van der Waals surface area contributed by atoms with Crippen LogP contribution in [0.15, 0.2) is 35.7 Å². The maximum Gasteiger partial charge on any atom is 0.261 e. The molecule has 8 heteroatoms. The van der Waals surface area contributed by atoms with Crippen LogP contribution in [0.3, 0.4) is 0 Å². The molecule has 1 aliphatic rings. The van der Waals surface area contributed by atoms with Gasteiger partial charge in [0.15, 0.2) is 0 Å². The molecule has 0 saturated carbocycles. The first-order chi connectivity index (χ1) is 12.5. The van der Waals surface area contributed by atoms with Gasteiger partial charge in [-0.3, -0.25) is 14.5 Å². The number of likely N-dealkylation sites (tertiary alicyclic amines) is 1. The Balaban J connectivity index is 1.44. The summed E-state index contributed by atoms with van der Waals surface area (Å²) in [7, 11) is 0. The number of hydrogen-bond donors (Lipinski definition) is 2. The summed E-state index contributed by atoms with van der Waals surface area (Å²) in [6, 6.07) is 6.63. The molecule has 2 amide bonds. The van der Waals surface area contributed by atoms with Crippen molar-refractivity contribution in [2.24, 2.45) is 0 Å². The Morgan fingerprint density at radius 2 is 1.96 bits per heavy atom. The maximum absolute atomic E-state index is 13.6. The lowest BCUT2D eigenvalue weighted by atomic mass is 10.0. The van der Waals surface area contributed by atoms with E-state index >= 15 is 0 Å². The molecule has 2 heterocycles. The molecular weight excluding hydrogens is 360 g/mol. The molecule has 1 aliphatic heterocycles. The highest BCUT2D eigenvalue weighted by atomic mass is 32.1. The zero-order valence-corrected chi connectivity index (χ0v) is 14.8. The Hall–Kier alpha value is -2.32. The molecule has 0 unspecified atom stereocenters. The molecule has 5 nitrogen and oxygen atoms in total. The predicted molar refractivity (Wildman–Crippen MR) is 96.2 cm³/mol. The normalized spacial score (nSPS) is 15.6. The second-order valence-electron chi connectivity index (χ2n) is 6.17. The molecule has 2 N–H and O–H groups in total. The van der Waals surface area contributed by atoms with Crippen molar-refractivity contribution in [3.63, 3.8) is 0 Å². The van der Waals surface area contributed by atoms with Crippen molar-refractivity contribution in [1.29, 1.82) is 0 Å². The quantitative estimate of drug-likeness (QED) is 0.840. The molecule has 0 spiro atoms. The van der Waals surface area contributed by atoms with Crippen LogP contribution in [-0.4, -0.2) is 42.4 Å². The summed E-state index contributed by atoms with van der Waals surface area (Å²) < 4.78 is 26.7. The molecule has 0 bridgehead atoms. The summed E-state index contributed by atoms with van der Waals surface area (Å²) in [5.74, 6) is -1.74. The lowest BCUT2D eigenvalue weighted by Gasteiger charge is -2.31. The summed E-state index contributed by atoms with van der Waals surface area (Å²) in [4.78, 5) is 26.7. The number of hydrogen-bond acceptors (Lipinski definition) is 4. The first-order valence-electron chi connectivity index (χ1n) is 8.33. The Morgan fingerprint density at radius 1 is 1.19 bits per heavy atom. The lowest BCUT2D eigenvalue weighted by molar-refractivity contribution is -0.117. The minimum atomic E-state index is -0.672. The first-order valence-corrected chi connectivity index (χ1v) is 9.21. The van der Waals surface area contributed by atoms with E-state index in [1.165, 1.54) is 11.3 Å². The minimum Gasteiger partial charge on any atom is -0.349 e. The highest BCUT2D eigenvalue weighted by Crippen LogP contribution is 2.16. The Morgan fingerprint density at radius 3 is 2.65 bits per heavy atom. The second-order valence-corrected chi connectivity index (χ2v) is 7.12. The third kappa shape index (κ3) is 4.86. The number of nitrogens with one attached hydrogen (secondary N) is 2. The van der Waals surface area contributed by atoms with E-state index in [1.807, 2.05) is 16.3 Å². The third-order valence-corrected chi connectivity index (χ3v) is 5.11. The summed E-state index contributed by atoms with van der Waals surface area (Å²) in [5.41, 5.74) is -0.159. The van der Waals surface area contributed by atoms with Gasteiger partial charge < -0.3 is 10.6 Å². The average Bonchev–Trinajstić information content (AvgIpc) is 3.14. The van der Waals surface area contributed by atoms with Gasteiger partial charge in [-0.1, -0.05) is 6.07 Å². The van der Waals surface area contributed by atoms with Crippen molar-refractivity contribution in [1.82, 2.24) is 10.2 Å². The number of thiophene rings is 1. The topological polar surface area (TPSA) is 61.4 Å². The second kappa shape index (κ2) is 8.37. The third-order valence-electron chi connectivity index (χ3n) is 4.24. The molecule has 1 saturated heterocycles. The van der Waals surface area contributed by atoms with E-state index in [0.29, 0.717) is 18.0 Å². The smallest absolute Gasteiger partial charge is 0.261 e. The zero-order valence-electron chi connectivity index (χ0n) is 14.0. The van der Waals surface area contributed by atoms with Gasteiger partial charge in [0, 0.05) is 25.2 Å². The summed E-state index contributed by atoms with van der Waals surface area (Å²) in [6.07, 6.45) is 1.47. The Bertz CT molecular complexity index is 775. The number of benzene rings is 1. The van der Waals surface area contributed by atoms with Gasteiger partial charge in [0.05, 0.1) is 17.1 Å². The molecular formula is C18H19F2N3O2S. The fourth-order valence-electron chi connectivity index (χ4n) is 2.89. The number of nitrogens with zero attached hydrogens (tertiary/aromatic N) is 1. The van der Waals surface area contributed by atoms with Crippen LogP contribution in [0.5, 0.6) is 0 Å². The van der Waals surface area contributed by atoms with Crippen molar-refractivity contribution >= 4 is 28.8 Å². The van der Waals surface area contributed by atoms with Crippen LogP contribution < -0.4 is 10.6 Å². The van der Waals surface area contributed by atoms with Crippen LogP contribution >= 0.6 is 11.3 Å². The number of halogens is 2. The molecule has 0 atom stereocenters. The van der Waals surface area contributed by atoms with Crippen LogP contribution in [-0.2, 0) is 4.79 Å². The molecule has 138 valence electrons. The SMILES string of the molecule is O=C(CN1CCC(NC(=O)c2cccs2)CC1)Nc1cc(F)ccc1F. The van der Waals surface area contributed by atoms with Crippen molar-refractivity contribution in [2.45, 2.75) is 18.9 Å². The van der Waals surface area contributed by atoms with Crippen LogP contribution in [0, 0.1) is 11.6 Å². The number of rotatable bonds is 5. The van der Waals surface area contributed by atoms with Gasteiger partial charge in [0.1, 0.15) is 11.6 Å². The zero-order chi connectivity index (χ0) is 18.5. The fraction of sp³-hybridized carbons (Fsp3) is 0.333. The lowest BCUT2D eigenvalue weighted by Crippen LogP contribution is -2.46. The molecule has 1 aromatic heterocycles. The maximum atomic E-state index is 13.6. The number of piperidine rings is 1. The van der Waals surface area contributed by atoms with E-state index in [2.05, 4.69) is 10.6 Å². The minimum absolute atomic E-state index is 0.0715.